The highest BCUT2D eigenvalue weighted by Gasteiger charge is 2.18. The first-order valence-corrected chi connectivity index (χ1v) is 13.0. The van der Waals surface area contributed by atoms with Gasteiger partial charge in [0, 0.05) is 25.0 Å². The van der Waals surface area contributed by atoms with Gasteiger partial charge in [-0.2, -0.15) is 5.26 Å². The van der Waals surface area contributed by atoms with Gasteiger partial charge in [-0.15, -0.1) is 0 Å². The predicted molar refractivity (Wildman–Crippen MR) is 145 cm³/mol. The predicted octanol–water partition coefficient (Wildman–Crippen LogP) is 5.16. The Bertz CT molecular complexity index is 1280. The summed E-state index contributed by atoms with van der Waals surface area (Å²) < 4.78 is 11.3. The molecule has 1 saturated heterocycles. The van der Waals surface area contributed by atoms with E-state index in [1.165, 1.54) is 6.08 Å². The molecule has 2 aromatic carbocycles. The normalized spacial score (nSPS) is 15.2. The van der Waals surface area contributed by atoms with Crippen molar-refractivity contribution in [2.75, 3.05) is 39.5 Å². The number of benzene rings is 2. The summed E-state index contributed by atoms with van der Waals surface area (Å²) >= 11 is 6.27. The lowest BCUT2D eigenvalue weighted by Crippen LogP contribution is -2.38. The van der Waals surface area contributed by atoms with Crippen LogP contribution in [0.15, 0.2) is 60.2 Å². The second kappa shape index (κ2) is 13.2. The van der Waals surface area contributed by atoms with Gasteiger partial charge in [0.1, 0.15) is 24.0 Å². The van der Waals surface area contributed by atoms with E-state index in [0.29, 0.717) is 22.8 Å². The zero-order valence-electron chi connectivity index (χ0n) is 21.0. The number of nitrogens with zero attached hydrogens (tertiary/aromatic N) is 3. The van der Waals surface area contributed by atoms with E-state index in [2.05, 4.69) is 22.1 Å². The van der Waals surface area contributed by atoms with Crippen LogP contribution in [0.5, 0.6) is 5.75 Å². The molecule has 1 amide bonds. The number of pyridine rings is 1. The van der Waals surface area contributed by atoms with Gasteiger partial charge in [-0.3, -0.25) is 9.69 Å². The summed E-state index contributed by atoms with van der Waals surface area (Å²) in [7, 11) is 0. The SMILES string of the molecule is CCCC(NC(=O)C(C#N)=Cc1ccc2cccc(Cl)c2n1)c1ccc(OCCN2CCOCC2)cc1. The fourth-order valence-corrected chi connectivity index (χ4v) is 4.49. The van der Waals surface area contributed by atoms with Crippen LogP contribution in [0.2, 0.25) is 5.02 Å². The first-order chi connectivity index (χ1) is 18.1. The molecule has 192 valence electrons. The van der Waals surface area contributed by atoms with Gasteiger partial charge in [-0.05, 0) is 42.3 Å². The number of carbonyl (C=O) groups is 1. The van der Waals surface area contributed by atoms with Gasteiger partial charge in [0.25, 0.3) is 5.91 Å². The molecule has 0 bridgehead atoms. The van der Waals surface area contributed by atoms with Crippen LogP contribution in [-0.2, 0) is 9.53 Å². The summed E-state index contributed by atoms with van der Waals surface area (Å²) in [5.41, 5.74) is 2.08. The molecule has 3 aromatic rings. The molecule has 1 aliphatic rings. The number of aromatic nitrogens is 1. The molecule has 0 aliphatic carbocycles. The van der Waals surface area contributed by atoms with Crippen LogP contribution in [0.1, 0.15) is 37.1 Å². The molecule has 1 aliphatic heterocycles. The Morgan fingerprint density at radius 3 is 2.73 bits per heavy atom. The summed E-state index contributed by atoms with van der Waals surface area (Å²) in [5, 5.41) is 14.1. The number of halogens is 1. The number of rotatable bonds is 10. The zero-order valence-corrected chi connectivity index (χ0v) is 21.7. The molecule has 4 rings (SSSR count). The van der Waals surface area contributed by atoms with Crippen molar-refractivity contribution in [2.24, 2.45) is 0 Å². The number of nitriles is 1. The third kappa shape index (κ3) is 7.30. The molecule has 1 atom stereocenters. The molecule has 37 heavy (non-hydrogen) atoms. The van der Waals surface area contributed by atoms with Crippen molar-refractivity contribution in [2.45, 2.75) is 25.8 Å². The Kier molecular flexibility index (Phi) is 9.50. The van der Waals surface area contributed by atoms with E-state index in [1.54, 1.807) is 12.1 Å². The molecule has 1 N–H and O–H groups in total. The fourth-order valence-electron chi connectivity index (χ4n) is 4.26. The summed E-state index contributed by atoms with van der Waals surface area (Å²) in [4.78, 5) is 19.9. The molecule has 2 heterocycles. The number of morpholine rings is 1. The van der Waals surface area contributed by atoms with Crippen molar-refractivity contribution in [3.05, 3.63) is 76.5 Å². The van der Waals surface area contributed by atoms with Crippen LogP contribution in [0.3, 0.4) is 0 Å². The second-order valence-corrected chi connectivity index (χ2v) is 9.31. The van der Waals surface area contributed by atoms with E-state index in [1.807, 2.05) is 48.5 Å². The average Bonchev–Trinajstić information content (AvgIpc) is 2.93. The van der Waals surface area contributed by atoms with Gasteiger partial charge in [0.05, 0.1) is 35.5 Å². The third-order valence-electron chi connectivity index (χ3n) is 6.29. The fraction of sp³-hybridized carbons (Fsp3) is 0.345. The average molecular weight is 519 g/mol. The van der Waals surface area contributed by atoms with Crippen molar-refractivity contribution in [3.63, 3.8) is 0 Å². The highest BCUT2D eigenvalue weighted by molar-refractivity contribution is 6.35. The Balaban J connectivity index is 1.40. The van der Waals surface area contributed by atoms with Gasteiger partial charge in [0.2, 0.25) is 0 Å². The monoisotopic (exact) mass is 518 g/mol. The Morgan fingerprint density at radius 1 is 1.22 bits per heavy atom. The van der Waals surface area contributed by atoms with Gasteiger partial charge in [0.15, 0.2) is 0 Å². The molecular weight excluding hydrogens is 488 g/mol. The van der Waals surface area contributed by atoms with E-state index >= 15 is 0 Å². The van der Waals surface area contributed by atoms with Crippen molar-refractivity contribution in [1.29, 1.82) is 5.26 Å². The molecule has 0 radical (unpaired) electrons. The van der Waals surface area contributed by atoms with E-state index < -0.39 is 5.91 Å². The topological polar surface area (TPSA) is 87.5 Å². The van der Waals surface area contributed by atoms with Crippen LogP contribution in [-0.4, -0.2) is 55.2 Å². The summed E-state index contributed by atoms with van der Waals surface area (Å²) in [6.07, 6.45) is 3.11. The molecule has 0 spiro atoms. The quantitative estimate of drug-likeness (QED) is 0.294. The number of hydrogen-bond donors (Lipinski definition) is 1. The minimum Gasteiger partial charge on any atom is -0.492 e. The summed E-state index contributed by atoms with van der Waals surface area (Å²) in [6.45, 7) is 6.95. The zero-order chi connectivity index (χ0) is 26.0. The van der Waals surface area contributed by atoms with Crippen molar-refractivity contribution < 1.29 is 14.3 Å². The number of fused-ring (bicyclic) bond motifs is 1. The molecule has 8 heteroatoms. The van der Waals surface area contributed by atoms with Crippen LogP contribution < -0.4 is 10.1 Å². The molecule has 1 aromatic heterocycles. The van der Waals surface area contributed by atoms with Crippen LogP contribution in [0.25, 0.3) is 17.0 Å². The van der Waals surface area contributed by atoms with E-state index in [-0.39, 0.29) is 11.6 Å². The number of ether oxygens (including phenoxy) is 2. The molecule has 7 nitrogen and oxygen atoms in total. The molecular formula is C29H31ClN4O3. The van der Waals surface area contributed by atoms with Crippen molar-refractivity contribution >= 4 is 34.5 Å². The summed E-state index contributed by atoms with van der Waals surface area (Å²) in [5.74, 6) is 0.352. The summed E-state index contributed by atoms with van der Waals surface area (Å²) in [6, 6.07) is 18.7. The minimum atomic E-state index is -0.437. The maximum absolute atomic E-state index is 13.0. The number of para-hydroxylation sites is 1. The molecule has 1 unspecified atom stereocenters. The van der Waals surface area contributed by atoms with Gasteiger partial charge in [-0.25, -0.2) is 4.98 Å². The Labute approximate surface area is 222 Å². The standard InChI is InChI=1S/C29H31ClN4O3/c1-2-4-27(21-8-11-25(12-9-21)37-18-15-34-13-16-36-17-14-34)33-29(35)23(20-31)19-24-10-7-22-5-3-6-26(30)28(22)32-24/h3,5-12,19,27H,2,4,13-18H2,1H3,(H,33,35). The molecule has 0 saturated carbocycles. The van der Waals surface area contributed by atoms with Crippen molar-refractivity contribution in [3.8, 4) is 11.8 Å². The Hall–Kier alpha value is -3.44. The lowest BCUT2D eigenvalue weighted by atomic mass is 10.0. The number of hydrogen-bond acceptors (Lipinski definition) is 6. The lowest BCUT2D eigenvalue weighted by molar-refractivity contribution is -0.117. The van der Waals surface area contributed by atoms with E-state index in [0.717, 1.165) is 62.4 Å². The number of nitrogens with one attached hydrogen (secondary N) is 1. The maximum atomic E-state index is 13.0. The highest BCUT2D eigenvalue weighted by atomic mass is 35.5. The first-order valence-electron chi connectivity index (χ1n) is 12.6. The number of amides is 1. The van der Waals surface area contributed by atoms with Crippen LogP contribution in [0, 0.1) is 11.3 Å². The van der Waals surface area contributed by atoms with Gasteiger partial charge in [-0.1, -0.05) is 55.3 Å². The van der Waals surface area contributed by atoms with Gasteiger partial charge >= 0.3 is 0 Å². The lowest BCUT2D eigenvalue weighted by Gasteiger charge is -2.26. The smallest absolute Gasteiger partial charge is 0.262 e. The second-order valence-electron chi connectivity index (χ2n) is 8.90. The third-order valence-corrected chi connectivity index (χ3v) is 6.60. The van der Waals surface area contributed by atoms with Gasteiger partial charge < -0.3 is 14.8 Å². The first kappa shape index (κ1) is 26.6. The Morgan fingerprint density at radius 2 is 2.00 bits per heavy atom. The minimum absolute atomic E-state index is 0.0110. The maximum Gasteiger partial charge on any atom is 0.262 e. The number of carbonyl (C=O) groups excluding carboxylic acids is 1. The molecule has 1 fully saturated rings. The van der Waals surface area contributed by atoms with Crippen LogP contribution in [0.4, 0.5) is 0 Å². The van der Waals surface area contributed by atoms with E-state index in [9.17, 15) is 10.1 Å². The van der Waals surface area contributed by atoms with Crippen molar-refractivity contribution in [1.82, 2.24) is 15.2 Å². The van der Waals surface area contributed by atoms with Crippen LogP contribution >= 0.6 is 11.6 Å². The highest BCUT2D eigenvalue weighted by Crippen LogP contribution is 2.24. The largest absolute Gasteiger partial charge is 0.492 e. The van der Waals surface area contributed by atoms with E-state index in [4.69, 9.17) is 21.1 Å².